The van der Waals surface area contributed by atoms with Crippen LogP contribution in [-0.2, 0) is 49.5 Å². The maximum Gasteiger partial charge on any atom is 0.305 e. The molecule has 2 heterocycles. The normalized spacial score (nSPS) is 20.0. The fourth-order valence-electron chi connectivity index (χ4n) is 6.86. The molecule has 3 aromatic carbocycles. The lowest BCUT2D eigenvalue weighted by Crippen LogP contribution is -2.66. The Kier molecular flexibility index (Phi) is 16.6. The summed E-state index contributed by atoms with van der Waals surface area (Å²) in [6, 6.07) is 17.3. The Bertz CT molecular complexity index is 2230. The number of primary amides is 1. The third-order valence-corrected chi connectivity index (χ3v) is 10.0. The molecule has 0 aliphatic carbocycles. The highest BCUT2D eigenvalue weighted by atomic mass is 16.7. The van der Waals surface area contributed by atoms with Crippen LogP contribution < -0.4 is 27.0 Å². The number of fused-ring (bicyclic) bond motifs is 2. The predicted molar refractivity (Wildman–Crippen MR) is 223 cm³/mol. The number of non-ortho nitro benzene ring substituents is 1. The van der Waals surface area contributed by atoms with Crippen LogP contribution in [0.2, 0.25) is 0 Å². The molecular weight excluding hydrogens is 810 g/mol. The predicted octanol–water partition coefficient (Wildman–Crippen LogP) is 1.47. The van der Waals surface area contributed by atoms with Crippen molar-refractivity contribution in [3.05, 3.63) is 88.5 Å². The molecule has 5 rings (SSSR count). The third kappa shape index (κ3) is 12.2. The van der Waals surface area contributed by atoms with Gasteiger partial charge in [0.1, 0.15) is 47.9 Å². The first-order valence-corrected chi connectivity index (χ1v) is 20.0. The molecule has 4 aromatic rings. The number of amides is 4. The van der Waals surface area contributed by atoms with Gasteiger partial charge in [-0.1, -0.05) is 54.6 Å². The standard InChI is InChI=1S/C42H51N7O13/c1-23(45-41(56)24(2)61-38-36(46-25(3)51)42(62-32(21-50)37(38)53)60-22-26-11-5-4-6-12-26)40(55)48-30(39(43)54)17-18-33(52)59-20-10-19-44-35-27-13-7-8-14-28(27)47-29-15-9-16-31(34(29)35)49(57)58/h4-9,11-16,23-24,30,32,36-38,42,50,53H,10,17-22H2,1-3H3,(H2,43,54)(H,44,47)(H,45,56)(H,46,51)(H,48,55)/t23-,24?,30-,32?,36+,37?,38+,42-/m1/s1. The molecule has 20 nitrogen and oxygen atoms in total. The molecule has 1 aliphatic rings. The largest absolute Gasteiger partial charge is 0.466 e. The lowest BCUT2D eigenvalue weighted by molar-refractivity contribution is -0.383. The van der Waals surface area contributed by atoms with Gasteiger partial charge in [0.2, 0.25) is 23.6 Å². The number of carbonyl (C=O) groups excluding carboxylic acids is 5. The number of nitro benzene ring substituents is 1. The van der Waals surface area contributed by atoms with E-state index in [2.05, 4.69) is 26.3 Å². The fourth-order valence-corrected chi connectivity index (χ4v) is 6.86. The van der Waals surface area contributed by atoms with E-state index < -0.39 is 90.0 Å². The number of hydrogen-bond acceptors (Lipinski definition) is 15. The van der Waals surface area contributed by atoms with Gasteiger partial charge in [-0.3, -0.25) is 34.1 Å². The average Bonchev–Trinajstić information content (AvgIpc) is 3.25. The van der Waals surface area contributed by atoms with Crippen LogP contribution in [0.1, 0.15) is 45.6 Å². The molecule has 1 aromatic heterocycles. The smallest absolute Gasteiger partial charge is 0.305 e. The molecule has 20 heteroatoms. The Morgan fingerprint density at radius 1 is 0.968 bits per heavy atom. The highest BCUT2D eigenvalue weighted by Gasteiger charge is 2.48. The van der Waals surface area contributed by atoms with Crippen molar-refractivity contribution in [2.45, 2.75) is 95.5 Å². The second kappa shape index (κ2) is 22.0. The first-order chi connectivity index (χ1) is 29.7. The summed E-state index contributed by atoms with van der Waals surface area (Å²) in [5, 5.41) is 44.6. The molecule has 8 N–H and O–H groups in total. The average molecular weight is 862 g/mol. The number of benzene rings is 3. The van der Waals surface area contributed by atoms with Gasteiger partial charge in [0.25, 0.3) is 5.69 Å². The van der Waals surface area contributed by atoms with E-state index in [-0.39, 0.29) is 38.3 Å². The lowest BCUT2D eigenvalue weighted by atomic mass is 9.96. The van der Waals surface area contributed by atoms with Crippen LogP contribution in [0.15, 0.2) is 72.8 Å². The summed E-state index contributed by atoms with van der Waals surface area (Å²) in [6.45, 7) is 3.61. The number of ether oxygens (including phenoxy) is 4. The summed E-state index contributed by atoms with van der Waals surface area (Å²) in [5.41, 5.74) is 7.82. The molecule has 62 heavy (non-hydrogen) atoms. The van der Waals surface area contributed by atoms with E-state index in [9.17, 15) is 44.3 Å². The maximum atomic E-state index is 13.2. The summed E-state index contributed by atoms with van der Waals surface area (Å²) in [5.74, 6) is -3.72. The molecule has 0 radical (unpaired) electrons. The van der Waals surface area contributed by atoms with E-state index in [1.807, 2.05) is 36.4 Å². The van der Waals surface area contributed by atoms with Crippen molar-refractivity contribution in [2.24, 2.45) is 5.73 Å². The second-order valence-corrected chi connectivity index (χ2v) is 14.6. The van der Waals surface area contributed by atoms with Gasteiger partial charge in [-0.2, -0.15) is 0 Å². The Morgan fingerprint density at radius 2 is 1.68 bits per heavy atom. The number of carbonyl (C=O) groups is 5. The number of rotatable bonds is 21. The SMILES string of the molecule is CC(=O)N[C@@H]1[C@H](OCc2ccccc2)OC(CO)C(O)[C@H]1OC(C)C(=O)N[C@H](C)C(=O)N[C@H](CCC(=O)OCCCNc1c2ccccc2nc2cccc([N+](=O)[O-])c12)C(N)=O. The maximum absolute atomic E-state index is 13.2. The van der Waals surface area contributed by atoms with Gasteiger partial charge in [0.15, 0.2) is 6.29 Å². The van der Waals surface area contributed by atoms with E-state index in [1.165, 1.54) is 26.8 Å². The third-order valence-electron chi connectivity index (χ3n) is 10.0. The van der Waals surface area contributed by atoms with Crippen molar-refractivity contribution < 1.29 is 58.1 Å². The van der Waals surface area contributed by atoms with E-state index in [0.29, 0.717) is 33.9 Å². The van der Waals surface area contributed by atoms with Crippen LogP contribution in [0.25, 0.3) is 21.8 Å². The van der Waals surface area contributed by atoms with E-state index in [4.69, 9.17) is 24.7 Å². The molecule has 4 amide bonds. The van der Waals surface area contributed by atoms with Gasteiger partial charge in [0.05, 0.1) is 41.5 Å². The molecule has 0 spiro atoms. The topological polar surface area (TPSA) is 293 Å². The number of pyridine rings is 1. The Morgan fingerprint density at radius 3 is 2.37 bits per heavy atom. The van der Waals surface area contributed by atoms with Crippen molar-refractivity contribution in [1.82, 2.24) is 20.9 Å². The number of nitro groups is 1. The fraction of sp³-hybridized carbons (Fsp3) is 0.429. The molecular formula is C42H51N7O13. The minimum Gasteiger partial charge on any atom is -0.466 e. The van der Waals surface area contributed by atoms with Crippen LogP contribution >= 0.6 is 0 Å². The van der Waals surface area contributed by atoms with Gasteiger partial charge in [-0.05, 0) is 44.4 Å². The lowest BCUT2D eigenvalue weighted by Gasteiger charge is -2.44. The second-order valence-electron chi connectivity index (χ2n) is 14.6. The zero-order chi connectivity index (χ0) is 44.9. The van der Waals surface area contributed by atoms with Crippen molar-refractivity contribution in [3.8, 4) is 0 Å². The summed E-state index contributed by atoms with van der Waals surface area (Å²) in [7, 11) is 0. The highest BCUT2D eigenvalue weighted by Crippen LogP contribution is 2.36. The van der Waals surface area contributed by atoms with Gasteiger partial charge in [-0.15, -0.1) is 0 Å². The molecule has 1 saturated heterocycles. The van der Waals surface area contributed by atoms with Gasteiger partial charge in [0, 0.05) is 31.3 Å². The number of anilines is 1. The zero-order valence-electron chi connectivity index (χ0n) is 34.4. The zero-order valence-corrected chi connectivity index (χ0v) is 34.4. The number of hydrogen-bond donors (Lipinski definition) is 7. The molecule has 3 unspecified atom stereocenters. The summed E-state index contributed by atoms with van der Waals surface area (Å²) >= 11 is 0. The van der Waals surface area contributed by atoms with Crippen LogP contribution in [0.3, 0.4) is 0 Å². The molecule has 0 bridgehead atoms. The minimum absolute atomic E-state index is 0.0235. The van der Waals surface area contributed by atoms with Crippen molar-refractivity contribution in [3.63, 3.8) is 0 Å². The summed E-state index contributed by atoms with van der Waals surface area (Å²) in [4.78, 5) is 79.3. The van der Waals surface area contributed by atoms with E-state index >= 15 is 0 Å². The minimum atomic E-state index is -1.51. The molecule has 1 aliphatic heterocycles. The van der Waals surface area contributed by atoms with Gasteiger partial charge in [-0.25, -0.2) is 4.98 Å². The number of nitrogens with zero attached hydrogens (tertiary/aromatic N) is 2. The Labute approximate surface area is 356 Å². The molecule has 332 valence electrons. The van der Waals surface area contributed by atoms with Crippen molar-refractivity contribution in [1.29, 1.82) is 0 Å². The number of para-hydroxylation sites is 1. The number of esters is 1. The molecule has 0 saturated carbocycles. The van der Waals surface area contributed by atoms with Crippen molar-refractivity contribution in [2.75, 3.05) is 25.1 Å². The molecule has 8 atom stereocenters. The highest BCUT2D eigenvalue weighted by molar-refractivity contribution is 6.11. The number of nitrogens with one attached hydrogen (secondary N) is 4. The van der Waals surface area contributed by atoms with Gasteiger partial charge < -0.3 is 56.2 Å². The van der Waals surface area contributed by atoms with E-state index in [1.54, 1.807) is 30.3 Å². The quantitative estimate of drug-likeness (QED) is 0.0205. The number of aliphatic hydroxyl groups is 2. The first-order valence-electron chi connectivity index (χ1n) is 20.0. The Balaban J connectivity index is 1.10. The van der Waals surface area contributed by atoms with Gasteiger partial charge >= 0.3 is 5.97 Å². The van der Waals surface area contributed by atoms with Crippen LogP contribution in [0, 0.1) is 10.1 Å². The Hall–Kier alpha value is -6.32. The molecule has 1 fully saturated rings. The number of aromatic nitrogens is 1. The summed E-state index contributed by atoms with van der Waals surface area (Å²) in [6.07, 6.45) is -6.70. The van der Waals surface area contributed by atoms with Crippen LogP contribution in [0.5, 0.6) is 0 Å². The van der Waals surface area contributed by atoms with Crippen LogP contribution in [0.4, 0.5) is 11.4 Å². The summed E-state index contributed by atoms with van der Waals surface area (Å²) < 4.78 is 22.9. The monoisotopic (exact) mass is 861 g/mol. The first kappa shape index (κ1) is 46.7. The van der Waals surface area contributed by atoms with E-state index in [0.717, 1.165) is 5.56 Å². The van der Waals surface area contributed by atoms with Crippen LogP contribution in [-0.4, -0.2) is 118 Å². The number of nitrogens with two attached hydrogens (primary N) is 1. The van der Waals surface area contributed by atoms with Crippen molar-refractivity contribution >= 4 is 62.8 Å². The number of aliphatic hydroxyl groups excluding tert-OH is 2.